The summed E-state index contributed by atoms with van der Waals surface area (Å²) >= 11 is 0. The highest BCUT2D eigenvalue weighted by molar-refractivity contribution is 5.77. The number of non-ortho nitro benzene ring substituents is 2. The molecule has 4 N–H and O–H groups in total. The Morgan fingerprint density at radius 3 is 2.29 bits per heavy atom. The molecular weight excluding hydrogens is 506 g/mol. The molecule has 0 aliphatic carbocycles. The number of nitrogens with one attached hydrogen (secondary N) is 1. The Morgan fingerprint density at radius 1 is 1.00 bits per heavy atom. The molecule has 15 heteroatoms. The maximum Gasteiger partial charge on any atom is 0.410 e. The lowest BCUT2D eigenvalue weighted by Crippen LogP contribution is -2.43. The highest BCUT2D eigenvalue weighted by Crippen LogP contribution is 2.21. The minimum Gasteiger partial charge on any atom is -0.445 e. The lowest BCUT2D eigenvalue weighted by atomic mass is 10.0. The van der Waals surface area contributed by atoms with Gasteiger partial charge in [0, 0.05) is 30.8 Å². The molecule has 202 valence electrons. The normalized spacial score (nSPS) is 16.5. The van der Waals surface area contributed by atoms with Crippen LogP contribution in [0.3, 0.4) is 0 Å². The van der Waals surface area contributed by atoms with Gasteiger partial charge in [0.15, 0.2) is 0 Å². The van der Waals surface area contributed by atoms with Crippen LogP contribution < -0.4 is 11.1 Å². The maximum absolute atomic E-state index is 12.6. The van der Waals surface area contributed by atoms with E-state index in [4.69, 9.17) is 15.2 Å². The maximum atomic E-state index is 12.6. The van der Waals surface area contributed by atoms with Crippen molar-refractivity contribution in [2.75, 3.05) is 13.1 Å². The highest BCUT2D eigenvalue weighted by Gasteiger charge is 2.35. The first-order chi connectivity index (χ1) is 18.0. The quantitative estimate of drug-likeness (QED) is 0.296. The molecule has 0 unspecified atom stereocenters. The third-order valence-electron chi connectivity index (χ3n) is 5.74. The van der Waals surface area contributed by atoms with Crippen LogP contribution in [0.15, 0.2) is 42.5 Å². The number of nitrogens with two attached hydrogens (primary N) is 1. The molecule has 1 aliphatic heterocycles. The fraction of sp³-hybridized carbons (Fsp3) is 0.348. The molecule has 2 aromatic rings. The van der Waals surface area contributed by atoms with Gasteiger partial charge in [-0.3, -0.25) is 25.0 Å². The number of ether oxygens (including phenoxy) is 2. The van der Waals surface area contributed by atoms with Crippen molar-refractivity contribution in [3.63, 3.8) is 0 Å². The van der Waals surface area contributed by atoms with E-state index in [2.05, 4.69) is 5.32 Å². The number of carbonyl (C=O) groups is 3. The van der Waals surface area contributed by atoms with E-state index in [-0.39, 0.29) is 56.1 Å². The molecule has 0 radical (unpaired) electrons. The smallest absolute Gasteiger partial charge is 0.410 e. The molecular formula is C23H25N5O10. The number of alkyl carbamates (subject to hydrolysis) is 1. The second-order valence-corrected chi connectivity index (χ2v) is 8.48. The zero-order valence-corrected chi connectivity index (χ0v) is 20.0. The number of hydrogen-bond acceptors (Lipinski definition) is 10. The summed E-state index contributed by atoms with van der Waals surface area (Å²) in [6.07, 6.45) is -2.52. The fourth-order valence-corrected chi connectivity index (χ4v) is 3.87. The van der Waals surface area contributed by atoms with E-state index in [1.807, 2.05) is 0 Å². The van der Waals surface area contributed by atoms with Crippen molar-refractivity contribution in [3.05, 3.63) is 79.4 Å². The van der Waals surface area contributed by atoms with Gasteiger partial charge in [-0.15, -0.1) is 0 Å². The number of benzene rings is 2. The number of nitro benzene ring substituents is 2. The van der Waals surface area contributed by atoms with Crippen molar-refractivity contribution in [1.82, 2.24) is 10.2 Å². The second-order valence-electron chi connectivity index (χ2n) is 8.48. The van der Waals surface area contributed by atoms with Gasteiger partial charge in [0.2, 0.25) is 5.91 Å². The molecule has 2 atom stereocenters. The van der Waals surface area contributed by atoms with Crippen molar-refractivity contribution in [2.45, 2.75) is 38.2 Å². The number of rotatable bonds is 10. The first-order valence-corrected chi connectivity index (χ1v) is 11.3. The van der Waals surface area contributed by atoms with Gasteiger partial charge in [-0.1, -0.05) is 0 Å². The number of nitrogens with zero attached hydrogens (tertiary/aromatic N) is 3. The number of amides is 3. The minimum absolute atomic E-state index is 0.0141. The SMILES string of the molecule is NC(=O)Cc1cc([N+](=O)[O-])ccc1COC(=O)NC[C@@H]1C[C@@H](O)CN1C(=O)OCc1ccc([N+](=O)[O-])cc1. The number of β-amino-alcohol motifs (C(OH)–C–C–N with tert-alkyl or cyclic N) is 1. The molecule has 15 nitrogen and oxygen atoms in total. The summed E-state index contributed by atoms with van der Waals surface area (Å²) < 4.78 is 10.4. The average molecular weight is 531 g/mol. The summed E-state index contributed by atoms with van der Waals surface area (Å²) in [5, 5.41) is 34.3. The van der Waals surface area contributed by atoms with E-state index in [0.29, 0.717) is 11.1 Å². The summed E-state index contributed by atoms with van der Waals surface area (Å²) in [5.74, 6) is -0.712. The zero-order chi connectivity index (χ0) is 27.8. The Labute approximate surface area is 215 Å². The third kappa shape index (κ3) is 7.60. The molecule has 2 aromatic carbocycles. The number of hydrogen-bond donors (Lipinski definition) is 3. The van der Waals surface area contributed by atoms with Crippen molar-refractivity contribution in [3.8, 4) is 0 Å². The van der Waals surface area contributed by atoms with Crippen LogP contribution in [0.2, 0.25) is 0 Å². The molecule has 1 fully saturated rings. The Hall–Kier alpha value is -4.79. The van der Waals surface area contributed by atoms with Gasteiger partial charge in [-0.25, -0.2) is 9.59 Å². The number of aliphatic hydroxyl groups excluding tert-OH is 1. The fourth-order valence-electron chi connectivity index (χ4n) is 3.87. The van der Waals surface area contributed by atoms with Gasteiger partial charge in [-0.05, 0) is 41.3 Å². The van der Waals surface area contributed by atoms with Crippen LogP contribution in [0, 0.1) is 20.2 Å². The molecule has 38 heavy (non-hydrogen) atoms. The van der Waals surface area contributed by atoms with E-state index >= 15 is 0 Å². The van der Waals surface area contributed by atoms with Crippen LogP contribution >= 0.6 is 0 Å². The van der Waals surface area contributed by atoms with Crippen LogP contribution in [0.1, 0.15) is 23.1 Å². The molecule has 3 rings (SSSR count). The second kappa shape index (κ2) is 12.4. The lowest BCUT2D eigenvalue weighted by Gasteiger charge is -2.24. The Morgan fingerprint density at radius 2 is 1.66 bits per heavy atom. The van der Waals surface area contributed by atoms with Crippen LogP contribution in [0.25, 0.3) is 0 Å². The first kappa shape index (κ1) is 27.8. The van der Waals surface area contributed by atoms with Crippen molar-refractivity contribution < 1.29 is 38.8 Å². The molecule has 0 spiro atoms. The van der Waals surface area contributed by atoms with Gasteiger partial charge >= 0.3 is 12.2 Å². The predicted octanol–water partition coefficient (Wildman–Crippen LogP) is 1.53. The predicted molar refractivity (Wildman–Crippen MR) is 129 cm³/mol. The zero-order valence-electron chi connectivity index (χ0n) is 20.0. The standard InChI is InChI=1S/C23H25N5O10/c24-21(30)8-16-7-18(28(35)36)6-3-15(16)13-37-22(31)25-10-19-9-20(29)11-26(19)23(32)38-12-14-1-4-17(5-2-14)27(33)34/h1-7,19-20,29H,8-13H2,(H2,24,30)(H,25,31)/t19-,20+/m0/s1. The Balaban J connectivity index is 1.52. The topological polar surface area (TPSA) is 217 Å². The number of likely N-dealkylation sites (tertiary alicyclic amines) is 1. The highest BCUT2D eigenvalue weighted by atomic mass is 16.6. The Bertz CT molecular complexity index is 1220. The van der Waals surface area contributed by atoms with E-state index in [9.17, 15) is 39.7 Å². The largest absolute Gasteiger partial charge is 0.445 e. The first-order valence-electron chi connectivity index (χ1n) is 11.3. The van der Waals surface area contributed by atoms with Gasteiger partial charge in [0.25, 0.3) is 11.4 Å². The molecule has 1 heterocycles. The monoisotopic (exact) mass is 531 g/mol. The Kier molecular flexibility index (Phi) is 9.10. The van der Waals surface area contributed by atoms with Crippen molar-refractivity contribution in [1.29, 1.82) is 0 Å². The van der Waals surface area contributed by atoms with Crippen LogP contribution in [0.5, 0.6) is 0 Å². The van der Waals surface area contributed by atoms with Gasteiger partial charge < -0.3 is 30.5 Å². The summed E-state index contributed by atoms with van der Waals surface area (Å²) in [6.45, 7) is -0.508. The summed E-state index contributed by atoms with van der Waals surface area (Å²) in [5.41, 5.74) is 6.00. The lowest BCUT2D eigenvalue weighted by molar-refractivity contribution is -0.385. The van der Waals surface area contributed by atoms with Gasteiger partial charge in [-0.2, -0.15) is 0 Å². The van der Waals surface area contributed by atoms with E-state index in [1.54, 1.807) is 0 Å². The summed E-state index contributed by atoms with van der Waals surface area (Å²) in [7, 11) is 0. The molecule has 1 saturated heterocycles. The molecule has 0 bridgehead atoms. The van der Waals surface area contributed by atoms with Crippen molar-refractivity contribution >= 4 is 29.5 Å². The van der Waals surface area contributed by atoms with Gasteiger partial charge in [0.1, 0.15) is 13.2 Å². The summed E-state index contributed by atoms with van der Waals surface area (Å²) in [6, 6.07) is 8.65. The summed E-state index contributed by atoms with van der Waals surface area (Å²) in [4.78, 5) is 57.9. The number of carbonyl (C=O) groups excluding carboxylic acids is 3. The van der Waals surface area contributed by atoms with Crippen LogP contribution in [0.4, 0.5) is 21.0 Å². The van der Waals surface area contributed by atoms with Crippen LogP contribution in [-0.2, 0) is 33.9 Å². The number of primary amides is 1. The number of aliphatic hydroxyl groups is 1. The molecule has 3 amide bonds. The van der Waals surface area contributed by atoms with Crippen LogP contribution in [-0.4, -0.2) is 63.2 Å². The number of nitro groups is 2. The van der Waals surface area contributed by atoms with E-state index < -0.39 is 40.1 Å². The van der Waals surface area contributed by atoms with Gasteiger partial charge in [0.05, 0.1) is 35.0 Å². The van der Waals surface area contributed by atoms with E-state index in [0.717, 1.165) is 0 Å². The van der Waals surface area contributed by atoms with Crippen molar-refractivity contribution in [2.24, 2.45) is 5.73 Å². The van der Waals surface area contributed by atoms with E-state index in [1.165, 1.54) is 47.4 Å². The molecule has 1 aliphatic rings. The molecule has 0 saturated carbocycles. The third-order valence-corrected chi connectivity index (χ3v) is 5.74. The minimum atomic E-state index is -0.853. The molecule has 0 aromatic heterocycles. The average Bonchev–Trinajstić information content (AvgIpc) is 3.25.